The van der Waals surface area contributed by atoms with Gasteiger partial charge in [0.2, 0.25) is 11.8 Å². The fourth-order valence-electron chi connectivity index (χ4n) is 3.50. The number of hydrogen-bond acceptors (Lipinski definition) is 3. The lowest BCUT2D eigenvalue weighted by Crippen LogP contribution is -2.50. The van der Waals surface area contributed by atoms with Gasteiger partial charge >= 0.3 is 0 Å². The topological polar surface area (TPSA) is 49.4 Å². The van der Waals surface area contributed by atoms with E-state index >= 15 is 0 Å². The van der Waals surface area contributed by atoms with Gasteiger partial charge in [-0.2, -0.15) is 0 Å². The molecule has 0 spiro atoms. The molecular weight excluding hydrogens is 503 g/mol. The van der Waals surface area contributed by atoms with Gasteiger partial charge in [-0.1, -0.05) is 76.6 Å². The van der Waals surface area contributed by atoms with E-state index in [1.54, 1.807) is 30.1 Å². The third-order valence-corrected chi connectivity index (χ3v) is 6.66. The maximum atomic E-state index is 14.0. The maximum absolute atomic E-state index is 14.0. The van der Waals surface area contributed by atoms with Crippen LogP contribution in [-0.2, 0) is 28.3 Å². The van der Waals surface area contributed by atoms with Crippen LogP contribution < -0.4 is 5.32 Å². The van der Waals surface area contributed by atoms with Crippen LogP contribution >= 0.6 is 27.7 Å². The van der Waals surface area contributed by atoms with E-state index in [0.717, 1.165) is 15.6 Å². The van der Waals surface area contributed by atoms with Gasteiger partial charge in [0.1, 0.15) is 11.9 Å². The van der Waals surface area contributed by atoms with Crippen LogP contribution in [-0.4, -0.2) is 35.6 Å². The third kappa shape index (κ3) is 7.44. The first-order valence-electron chi connectivity index (χ1n) is 10.6. The minimum atomic E-state index is -0.669. The lowest BCUT2D eigenvalue weighted by molar-refractivity contribution is -0.139. The van der Waals surface area contributed by atoms with Gasteiger partial charge in [0, 0.05) is 30.2 Å². The molecule has 172 valence electrons. The summed E-state index contributed by atoms with van der Waals surface area (Å²) in [4.78, 5) is 27.9. The second kappa shape index (κ2) is 12.6. The molecule has 3 rings (SSSR count). The average Bonchev–Trinajstić information content (AvgIpc) is 2.82. The van der Waals surface area contributed by atoms with Crippen molar-refractivity contribution in [1.29, 1.82) is 0 Å². The zero-order chi connectivity index (χ0) is 23.6. The Bertz CT molecular complexity index is 1080. The molecule has 0 aliphatic carbocycles. The van der Waals surface area contributed by atoms with Gasteiger partial charge in [0.05, 0.1) is 5.75 Å². The molecule has 0 heterocycles. The third-order valence-electron chi connectivity index (χ3n) is 5.20. The number of carbonyl (C=O) groups is 2. The van der Waals surface area contributed by atoms with Crippen LogP contribution in [0.2, 0.25) is 0 Å². The van der Waals surface area contributed by atoms with Crippen molar-refractivity contribution in [2.24, 2.45) is 0 Å². The summed E-state index contributed by atoms with van der Waals surface area (Å²) in [6.45, 7) is 0.295. The van der Waals surface area contributed by atoms with E-state index in [1.807, 2.05) is 54.6 Å². The molecule has 0 aliphatic rings. The van der Waals surface area contributed by atoms with Crippen molar-refractivity contribution in [3.05, 3.63) is 106 Å². The normalized spacial score (nSPS) is 11.6. The highest BCUT2D eigenvalue weighted by atomic mass is 79.9. The predicted molar refractivity (Wildman–Crippen MR) is 135 cm³/mol. The summed E-state index contributed by atoms with van der Waals surface area (Å²) in [5.74, 6) is -0.144. The molecule has 0 aliphatic heterocycles. The van der Waals surface area contributed by atoms with Gasteiger partial charge in [0.25, 0.3) is 0 Å². The Kier molecular flexibility index (Phi) is 9.51. The van der Waals surface area contributed by atoms with Crippen molar-refractivity contribution in [3.63, 3.8) is 0 Å². The largest absolute Gasteiger partial charge is 0.357 e. The highest BCUT2D eigenvalue weighted by molar-refractivity contribution is 9.10. The Morgan fingerprint density at radius 3 is 2.39 bits per heavy atom. The quantitative estimate of drug-likeness (QED) is 0.393. The van der Waals surface area contributed by atoms with E-state index in [4.69, 9.17) is 0 Å². The highest BCUT2D eigenvalue weighted by Gasteiger charge is 2.29. The smallest absolute Gasteiger partial charge is 0.242 e. The van der Waals surface area contributed by atoms with Gasteiger partial charge in [0.15, 0.2) is 0 Å². The Labute approximate surface area is 206 Å². The molecular formula is C26H26BrFN2O2S. The number of thioether (sulfide) groups is 1. The predicted octanol–water partition coefficient (Wildman–Crippen LogP) is 5.21. The van der Waals surface area contributed by atoms with E-state index in [2.05, 4.69) is 21.2 Å². The van der Waals surface area contributed by atoms with Gasteiger partial charge in [-0.25, -0.2) is 4.39 Å². The number of nitrogens with zero attached hydrogens (tertiary/aromatic N) is 1. The van der Waals surface area contributed by atoms with Crippen molar-refractivity contribution < 1.29 is 14.0 Å². The van der Waals surface area contributed by atoms with Crippen LogP contribution in [0.5, 0.6) is 0 Å². The molecule has 4 nitrogen and oxygen atoms in total. The molecule has 33 heavy (non-hydrogen) atoms. The van der Waals surface area contributed by atoms with E-state index in [9.17, 15) is 14.0 Å². The Morgan fingerprint density at radius 1 is 1.00 bits per heavy atom. The molecule has 0 aromatic heterocycles. The van der Waals surface area contributed by atoms with Crippen molar-refractivity contribution in [3.8, 4) is 0 Å². The number of amides is 2. The molecule has 0 saturated carbocycles. The van der Waals surface area contributed by atoms with Crippen molar-refractivity contribution in [2.45, 2.75) is 24.8 Å². The fraction of sp³-hybridized carbons (Fsp3) is 0.231. The van der Waals surface area contributed by atoms with Crippen LogP contribution in [0.3, 0.4) is 0 Å². The lowest BCUT2D eigenvalue weighted by Gasteiger charge is -2.31. The second-order valence-corrected chi connectivity index (χ2v) is 9.46. The molecule has 3 aromatic rings. The van der Waals surface area contributed by atoms with E-state index in [0.29, 0.717) is 24.3 Å². The van der Waals surface area contributed by atoms with Crippen LogP contribution in [0.15, 0.2) is 83.3 Å². The van der Waals surface area contributed by atoms with Gasteiger partial charge in [-0.3, -0.25) is 9.59 Å². The fourth-order valence-corrected chi connectivity index (χ4v) is 4.84. The molecule has 2 amide bonds. The monoisotopic (exact) mass is 528 g/mol. The molecule has 0 saturated heterocycles. The maximum Gasteiger partial charge on any atom is 0.242 e. The van der Waals surface area contributed by atoms with Gasteiger partial charge in [-0.15, -0.1) is 11.8 Å². The average molecular weight is 529 g/mol. The molecule has 0 bridgehead atoms. The number of carbonyl (C=O) groups excluding carboxylic acids is 2. The summed E-state index contributed by atoms with van der Waals surface area (Å²) in [6.07, 6.45) is 0.401. The van der Waals surface area contributed by atoms with Crippen LogP contribution in [0.25, 0.3) is 0 Å². The molecule has 0 radical (unpaired) electrons. The zero-order valence-electron chi connectivity index (χ0n) is 18.3. The summed E-state index contributed by atoms with van der Waals surface area (Å²) in [6, 6.07) is 23.2. The van der Waals surface area contributed by atoms with E-state index < -0.39 is 6.04 Å². The Balaban J connectivity index is 1.81. The summed E-state index contributed by atoms with van der Waals surface area (Å²) in [5, 5.41) is 2.71. The lowest BCUT2D eigenvalue weighted by atomic mass is 10.0. The summed E-state index contributed by atoms with van der Waals surface area (Å²) in [7, 11) is 1.58. The van der Waals surface area contributed by atoms with E-state index in [1.165, 1.54) is 17.8 Å². The summed E-state index contributed by atoms with van der Waals surface area (Å²) in [5.41, 5.74) is 2.44. The van der Waals surface area contributed by atoms with E-state index in [-0.39, 0.29) is 23.4 Å². The van der Waals surface area contributed by atoms with Crippen LogP contribution in [0.4, 0.5) is 4.39 Å². The molecule has 3 aromatic carbocycles. The summed E-state index contributed by atoms with van der Waals surface area (Å²) < 4.78 is 14.9. The van der Waals surface area contributed by atoms with Crippen LogP contribution in [0, 0.1) is 5.82 Å². The van der Waals surface area contributed by atoms with Gasteiger partial charge in [-0.05, 0) is 34.9 Å². The minimum Gasteiger partial charge on any atom is -0.357 e. The molecule has 1 N–H and O–H groups in total. The minimum absolute atomic E-state index is 0.143. The molecule has 0 unspecified atom stereocenters. The first-order chi connectivity index (χ1) is 16.0. The Morgan fingerprint density at radius 2 is 1.70 bits per heavy atom. The first-order valence-corrected chi connectivity index (χ1v) is 12.5. The Hall–Kier alpha value is -2.64. The SMILES string of the molecule is CNC(=O)[C@@H](Cc1ccccc1)N(Cc1cccc(Br)c1)C(=O)CSCc1ccccc1F. The standard InChI is InChI=1S/C26H26BrFN2O2S/c1-29-26(32)24(15-19-8-3-2-4-9-19)30(16-20-10-7-12-22(27)14-20)25(31)18-33-17-21-11-5-6-13-23(21)28/h2-14,24H,15-18H2,1H3,(H,29,32)/t24-/m1/s1. The number of halogens is 2. The number of benzene rings is 3. The molecule has 1 atom stereocenters. The number of rotatable bonds is 10. The van der Waals surface area contributed by atoms with Crippen molar-refractivity contribution >= 4 is 39.5 Å². The summed E-state index contributed by atoms with van der Waals surface area (Å²) >= 11 is 4.82. The van der Waals surface area contributed by atoms with Crippen LogP contribution in [0.1, 0.15) is 16.7 Å². The molecule has 0 fully saturated rings. The zero-order valence-corrected chi connectivity index (χ0v) is 20.7. The first kappa shape index (κ1) is 25.0. The number of hydrogen-bond donors (Lipinski definition) is 1. The molecule has 7 heteroatoms. The van der Waals surface area contributed by atoms with Crippen molar-refractivity contribution in [2.75, 3.05) is 12.8 Å². The second-order valence-electron chi connectivity index (χ2n) is 7.56. The van der Waals surface area contributed by atoms with Crippen molar-refractivity contribution in [1.82, 2.24) is 10.2 Å². The van der Waals surface area contributed by atoms with Gasteiger partial charge < -0.3 is 10.2 Å². The highest BCUT2D eigenvalue weighted by Crippen LogP contribution is 2.21. The number of likely N-dealkylation sites (N-methyl/N-ethyl adjacent to an activating group) is 1. The number of nitrogens with one attached hydrogen (secondary N) is 1.